The average Bonchev–Trinajstić information content (AvgIpc) is 3.00. The first-order valence-electron chi connectivity index (χ1n) is 8.93. The molecule has 0 saturated heterocycles. The summed E-state index contributed by atoms with van der Waals surface area (Å²) >= 11 is 0. The zero-order valence-corrected chi connectivity index (χ0v) is 15.1. The number of nitrogens with one attached hydrogen (secondary N) is 2. The maximum atomic E-state index is 12.3. The van der Waals surface area contributed by atoms with Crippen molar-refractivity contribution in [3.05, 3.63) is 48.3 Å². The van der Waals surface area contributed by atoms with Gasteiger partial charge in [0, 0.05) is 34.9 Å². The number of nitrogens with zero attached hydrogens (tertiary/aromatic N) is 1. The summed E-state index contributed by atoms with van der Waals surface area (Å²) < 4.78 is 0. The Morgan fingerprint density at radius 1 is 1.28 bits per heavy atom. The second-order valence-corrected chi connectivity index (χ2v) is 6.71. The highest BCUT2D eigenvalue weighted by molar-refractivity contribution is 5.93. The molecule has 0 radical (unpaired) electrons. The summed E-state index contributed by atoms with van der Waals surface area (Å²) in [5.41, 5.74) is 5.00. The standard InChI is InChI=1S/C21H25N3O/c1-4-5-7-14(2)21(25)24-18-9-6-8-16(10-18)17-11-19-15(3)12-22-20(19)23-13-17/h6,8-14H,4-5,7H2,1-3H3,(H,22,23)(H,24,25). The SMILES string of the molecule is CCCCC(C)C(=O)Nc1cccc(-c2cnc3[nH]cc(C)c3c2)c1. The molecule has 0 saturated carbocycles. The van der Waals surface area contributed by atoms with Crippen molar-refractivity contribution in [1.29, 1.82) is 0 Å². The van der Waals surface area contributed by atoms with Gasteiger partial charge in [0.25, 0.3) is 0 Å². The van der Waals surface area contributed by atoms with Gasteiger partial charge in [0.2, 0.25) is 5.91 Å². The molecule has 1 aromatic carbocycles. The third-order valence-electron chi connectivity index (χ3n) is 4.64. The lowest BCUT2D eigenvalue weighted by Gasteiger charge is -2.12. The summed E-state index contributed by atoms with van der Waals surface area (Å²) in [5, 5.41) is 4.16. The van der Waals surface area contributed by atoms with Gasteiger partial charge in [-0.2, -0.15) is 0 Å². The normalized spacial score (nSPS) is 12.3. The van der Waals surface area contributed by atoms with Crippen molar-refractivity contribution in [1.82, 2.24) is 9.97 Å². The number of pyridine rings is 1. The molecule has 130 valence electrons. The second kappa shape index (κ2) is 7.51. The number of fused-ring (bicyclic) bond motifs is 1. The Labute approximate surface area is 148 Å². The van der Waals surface area contributed by atoms with Crippen LogP contribution in [-0.2, 0) is 4.79 Å². The van der Waals surface area contributed by atoms with Gasteiger partial charge in [-0.3, -0.25) is 4.79 Å². The molecule has 0 aliphatic rings. The fourth-order valence-electron chi connectivity index (χ4n) is 2.98. The third kappa shape index (κ3) is 3.90. The molecular formula is C21H25N3O. The molecule has 2 heterocycles. The first-order chi connectivity index (χ1) is 12.1. The average molecular weight is 335 g/mol. The highest BCUT2D eigenvalue weighted by atomic mass is 16.1. The van der Waals surface area contributed by atoms with Gasteiger partial charge in [-0.05, 0) is 42.7 Å². The number of H-pyrrole nitrogens is 1. The van der Waals surface area contributed by atoms with Crippen LogP contribution in [-0.4, -0.2) is 15.9 Å². The van der Waals surface area contributed by atoms with Gasteiger partial charge in [-0.1, -0.05) is 38.8 Å². The van der Waals surface area contributed by atoms with Crippen molar-refractivity contribution in [3.63, 3.8) is 0 Å². The summed E-state index contributed by atoms with van der Waals surface area (Å²) in [6.45, 7) is 6.20. The molecule has 4 heteroatoms. The lowest BCUT2D eigenvalue weighted by molar-refractivity contribution is -0.119. The van der Waals surface area contributed by atoms with Crippen LogP contribution in [0.5, 0.6) is 0 Å². The van der Waals surface area contributed by atoms with E-state index >= 15 is 0 Å². The highest BCUT2D eigenvalue weighted by Gasteiger charge is 2.13. The number of benzene rings is 1. The minimum Gasteiger partial charge on any atom is -0.346 e. The number of aromatic amines is 1. The zero-order chi connectivity index (χ0) is 17.8. The van der Waals surface area contributed by atoms with Crippen molar-refractivity contribution in [3.8, 4) is 11.1 Å². The van der Waals surface area contributed by atoms with Gasteiger partial charge in [0.1, 0.15) is 5.65 Å². The Balaban J connectivity index is 1.80. The summed E-state index contributed by atoms with van der Waals surface area (Å²) in [7, 11) is 0. The van der Waals surface area contributed by atoms with Crippen LogP contribution >= 0.6 is 0 Å². The van der Waals surface area contributed by atoms with E-state index in [0.717, 1.165) is 47.1 Å². The Kier molecular flexibility index (Phi) is 5.17. The topological polar surface area (TPSA) is 57.8 Å². The summed E-state index contributed by atoms with van der Waals surface area (Å²) in [4.78, 5) is 20.0. The van der Waals surface area contributed by atoms with E-state index < -0.39 is 0 Å². The number of anilines is 1. The Morgan fingerprint density at radius 3 is 2.92 bits per heavy atom. The van der Waals surface area contributed by atoms with E-state index in [1.807, 2.05) is 43.6 Å². The number of carbonyl (C=O) groups is 1. The van der Waals surface area contributed by atoms with Gasteiger partial charge in [-0.25, -0.2) is 4.98 Å². The molecule has 25 heavy (non-hydrogen) atoms. The lowest BCUT2D eigenvalue weighted by Crippen LogP contribution is -2.20. The molecule has 0 aliphatic heterocycles. The monoisotopic (exact) mass is 335 g/mol. The number of aryl methyl sites for hydroxylation is 1. The van der Waals surface area contributed by atoms with Crippen LogP contribution < -0.4 is 5.32 Å². The molecule has 1 unspecified atom stereocenters. The predicted octanol–water partition coefficient (Wildman–Crippen LogP) is 5.30. The molecule has 1 atom stereocenters. The molecule has 2 aromatic heterocycles. The molecule has 0 spiro atoms. The fraction of sp³-hybridized carbons (Fsp3) is 0.333. The molecule has 0 aliphatic carbocycles. The van der Waals surface area contributed by atoms with E-state index in [9.17, 15) is 4.79 Å². The fourth-order valence-corrected chi connectivity index (χ4v) is 2.98. The Hall–Kier alpha value is -2.62. The smallest absolute Gasteiger partial charge is 0.227 e. The van der Waals surface area contributed by atoms with E-state index in [0.29, 0.717) is 0 Å². The van der Waals surface area contributed by atoms with Crippen molar-refractivity contribution in [2.24, 2.45) is 5.92 Å². The molecular weight excluding hydrogens is 310 g/mol. The van der Waals surface area contributed by atoms with E-state index in [1.165, 1.54) is 5.56 Å². The number of carbonyl (C=O) groups excluding carboxylic acids is 1. The largest absolute Gasteiger partial charge is 0.346 e. The number of hydrogen-bond donors (Lipinski definition) is 2. The second-order valence-electron chi connectivity index (χ2n) is 6.71. The Bertz CT molecular complexity index is 882. The van der Waals surface area contributed by atoms with Crippen LogP contribution in [0.15, 0.2) is 42.7 Å². The quantitative estimate of drug-likeness (QED) is 0.642. The number of hydrogen-bond acceptors (Lipinski definition) is 2. The predicted molar refractivity (Wildman–Crippen MR) is 104 cm³/mol. The van der Waals surface area contributed by atoms with Gasteiger partial charge >= 0.3 is 0 Å². The van der Waals surface area contributed by atoms with Crippen LogP contribution in [0, 0.1) is 12.8 Å². The van der Waals surface area contributed by atoms with Gasteiger partial charge in [-0.15, -0.1) is 0 Å². The van der Waals surface area contributed by atoms with Crippen molar-refractivity contribution < 1.29 is 4.79 Å². The number of aromatic nitrogens is 2. The van der Waals surface area contributed by atoms with Crippen molar-refractivity contribution in [2.45, 2.75) is 40.0 Å². The van der Waals surface area contributed by atoms with E-state index in [4.69, 9.17) is 0 Å². The van der Waals surface area contributed by atoms with E-state index in [1.54, 1.807) is 0 Å². The first-order valence-corrected chi connectivity index (χ1v) is 8.93. The minimum absolute atomic E-state index is 0.0316. The molecule has 1 amide bonds. The van der Waals surface area contributed by atoms with Gasteiger partial charge in [0.05, 0.1) is 0 Å². The number of rotatable bonds is 6. The number of amides is 1. The van der Waals surface area contributed by atoms with E-state index in [-0.39, 0.29) is 11.8 Å². The molecule has 0 fully saturated rings. The van der Waals surface area contributed by atoms with Crippen LogP contribution in [0.25, 0.3) is 22.2 Å². The highest BCUT2D eigenvalue weighted by Crippen LogP contribution is 2.26. The van der Waals surface area contributed by atoms with Crippen LogP contribution in [0.4, 0.5) is 5.69 Å². The summed E-state index contributed by atoms with van der Waals surface area (Å²) in [5.74, 6) is 0.116. The van der Waals surface area contributed by atoms with Crippen LogP contribution in [0.2, 0.25) is 0 Å². The molecule has 4 nitrogen and oxygen atoms in total. The van der Waals surface area contributed by atoms with Crippen molar-refractivity contribution in [2.75, 3.05) is 5.32 Å². The molecule has 2 N–H and O–H groups in total. The van der Waals surface area contributed by atoms with Crippen LogP contribution in [0.3, 0.4) is 0 Å². The summed E-state index contributed by atoms with van der Waals surface area (Å²) in [6, 6.07) is 10.1. The van der Waals surface area contributed by atoms with Gasteiger partial charge < -0.3 is 10.3 Å². The molecule has 3 rings (SSSR count). The Morgan fingerprint density at radius 2 is 2.12 bits per heavy atom. The van der Waals surface area contributed by atoms with Gasteiger partial charge in [0.15, 0.2) is 0 Å². The van der Waals surface area contributed by atoms with E-state index in [2.05, 4.69) is 35.2 Å². The molecule has 0 bridgehead atoms. The first kappa shape index (κ1) is 17.2. The maximum Gasteiger partial charge on any atom is 0.227 e. The molecule has 3 aromatic rings. The summed E-state index contributed by atoms with van der Waals surface area (Å²) in [6.07, 6.45) is 6.95. The van der Waals surface area contributed by atoms with Crippen molar-refractivity contribution >= 4 is 22.6 Å². The minimum atomic E-state index is 0.0316. The number of unbranched alkanes of at least 4 members (excludes halogenated alkanes) is 1. The van der Waals surface area contributed by atoms with Crippen LogP contribution in [0.1, 0.15) is 38.7 Å². The zero-order valence-electron chi connectivity index (χ0n) is 15.1. The third-order valence-corrected chi connectivity index (χ3v) is 4.64. The lowest BCUT2D eigenvalue weighted by atomic mass is 10.0. The maximum absolute atomic E-state index is 12.3.